The molecule has 0 radical (unpaired) electrons. The molecule has 0 saturated carbocycles. The lowest BCUT2D eigenvalue weighted by atomic mass is 10.2. The number of hydrogen-bond acceptors (Lipinski definition) is 9. The Labute approximate surface area is 233 Å². The van der Waals surface area contributed by atoms with Crippen LogP contribution >= 0.6 is 0 Å². The summed E-state index contributed by atoms with van der Waals surface area (Å²) in [6, 6.07) is 16.8. The molecular weight excluding hydrogens is 536 g/mol. The number of nitrogens with one attached hydrogen (secondary N) is 1. The van der Waals surface area contributed by atoms with E-state index < -0.39 is 34.9 Å². The Kier molecular flexibility index (Phi) is 7.55. The number of amidine groups is 2. The monoisotopic (exact) mass is 561 g/mol. The van der Waals surface area contributed by atoms with Crippen LogP contribution < -0.4 is 24.7 Å². The summed E-state index contributed by atoms with van der Waals surface area (Å²) >= 11 is 0. The van der Waals surface area contributed by atoms with Gasteiger partial charge in [0.25, 0.3) is 11.8 Å². The zero-order chi connectivity index (χ0) is 29.1. The van der Waals surface area contributed by atoms with E-state index in [1.807, 2.05) is 18.0 Å². The molecule has 3 aromatic carbocycles. The van der Waals surface area contributed by atoms with Crippen LogP contribution in [-0.2, 0) is 0 Å². The molecule has 0 bridgehead atoms. The van der Waals surface area contributed by atoms with Gasteiger partial charge in [0, 0.05) is 24.7 Å². The molecular formula is C29H25F2N5O5. The number of methoxy groups -OCH3 is 1. The van der Waals surface area contributed by atoms with Gasteiger partial charge < -0.3 is 34.7 Å². The number of aromatic nitrogens is 1. The SMILES string of the molecule is COc1ccccc1Oc1c(F)c(Oc2cccc(C3=NCCN3C)c2)nc(Oc2cc(C(=N)N)ccc2O)c1F. The molecule has 0 amide bonds. The fourth-order valence-electron chi connectivity index (χ4n) is 4.04. The molecule has 10 nitrogen and oxygen atoms in total. The van der Waals surface area contributed by atoms with Gasteiger partial charge in [-0.1, -0.05) is 24.3 Å². The van der Waals surface area contributed by atoms with Crippen molar-refractivity contribution in [3.63, 3.8) is 0 Å². The van der Waals surface area contributed by atoms with Crippen LogP contribution in [0.5, 0.6) is 46.3 Å². The summed E-state index contributed by atoms with van der Waals surface area (Å²) in [7, 11) is 3.29. The van der Waals surface area contributed by atoms with E-state index in [1.165, 1.54) is 31.4 Å². The minimum Gasteiger partial charge on any atom is -0.504 e. The maximum atomic E-state index is 15.8. The Morgan fingerprint density at radius 1 is 0.927 bits per heavy atom. The van der Waals surface area contributed by atoms with Gasteiger partial charge in [-0.15, -0.1) is 0 Å². The molecule has 1 aliphatic heterocycles. The van der Waals surface area contributed by atoms with E-state index in [2.05, 4.69) is 9.98 Å². The second kappa shape index (κ2) is 11.4. The third-order valence-electron chi connectivity index (χ3n) is 6.10. The predicted molar refractivity (Wildman–Crippen MR) is 147 cm³/mol. The van der Waals surface area contributed by atoms with Crippen LogP contribution in [0.1, 0.15) is 11.1 Å². The van der Waals surface area contributed by atoms with Gasteiger partial charge in [0.2, 0.25) is 17.4 Å². The minimum atomic E-state index is -1.32. The average molecular weight is 562 g/mol. The average Bonchev–Trinajstić information content (AvgIpc) is 3.40. The topological polar surface area (TPSA) is 136 Å². The lowest BCUT2D eigenvalue weighted by molar-refractivity contribution is 0.322. The number of hydrogen-bond donors (Lipinski definition) is 3. The minimum absolute atomic E-state index is 0.0154. The molecule has 1 aromatic heterocycles. The number of aliphatic imine (C=N–C) groups is 1. The Hall–Kier alpha value is -5.39. The summed E-state index contributed by atoms with van der Waals surface area (Å²) in [6.45, 7) is 1.41. The molecule has 0 unspecified atom stereocenters. The Bertz CT molecular complexity index is 1660. The summed E-state index contributed by atoms with van der Waals surface area (Å²) in [6.07, 6.45) is 0. The molecule has 5 rings (SSSR count). The van der Waals surface area contributed by atoms with Crippen molar-refractivity contribution in [2.75, 3.05) is 27.2 Å². The molecule has 0 fully saturated rings. The van der Waals surface area contributed by atoms with E-state index in [-0.39, 0.29) is 34.4 Å². The van der Waals surface area contributed by atoms with Gasteiger partial charge in [0.05, 0.1) is 13.7 Å². The van der Waals surface area contributed by atoms with E-state index >= 15 is 8.78 Å². The number of benzene rings is 3. The third kappa shape index (κ3) is 5.66. The van der Waals surface area contributed by atoms with Gasteiger partial charge in [0.1, 0.15) is 17.4 Å². The van der Waals surface area contributed by atoms with Crippen molar-refractivity contribution in [3.05, 3.63) is 89.5 Å². The standard InChI is InChI=1S/C29H25F2N5O5/c1-36-13-12-34-27(36)17-6-5-7-18(14-17)39-28-23(30)25(40-21-9-4-3-8-20(21)38-2)24(31)29(35-28)41-22-15-16(26(32)33)10-11-19(22)37/h3-11,14-15,37H,12-13H2,1-2H3,(H3,32,33). The molecule has 4 N–H and O–H groups in total. The van der Waals surface area contributed by atoms with Crippen molar-refractivity contribution in [2.45, 2.75) is 0 Å². The zero-order valence-electron chi connectivity index (χ0n) is 22.0. The number of nitrogens with zero attached hydrogens (tertiary/aromatic N) is 3. The number of nitrogen functional groups attached to an aromatic ring is 1. The first-order valence-corrected chi connectivity index (χ1v) is 12.3. The molecule has 210 valence electrons. The first kappa shape index (κ1) is 27.2. The molecule has 12 heteroatoms. The van der Waals surface area contributed by atoms with Gasteiger partial charge in [-0.25, -0.2) is 0 Å². The van der Waals surface area contributed by atoms with E-state index in [4.69, 9.17) is 30.1 Å². The van der Waals surface area contributed by atoms with E-state index in [1.54, 1.807) is 36.4 Å². The quantitative estimate of drug-likeness (QED) is 0.182. The number of pyridine rings is 1. The Balaban J connectivity index is 1.59. The smallest absolute Gasteiger partial charge is 0.263 e. The van der Waals surface area contributed by atoms with E-state index in [0.717, 1.165) is 17.9 Å². The lowest BCUT2D eigenvalue weighted by Crippen LogP contribution is -2.23. The molecule has 0 saturated heterocycles. The largest absolute Gasteiger partial charge is 0.504 e. The summed E-state index contributed by atoms with van der Waals surface area (Å²) in [5.74, 6) is -4.70. The first-order chi connectivity index (χ1) is 19.7. The van der Waals surface area contributed by atoms with Crippen molar-refractivity contribution in [2.24, 2.45) is 10.7 Å². The van der Waals surface area contributed by atoms with Crippen molar-refractivity contribution < 1.29 is 32.8 Å². The van der Waals surface area contributed by atoms with Crippen LogP contribution in [-0.4, -0.2) is 53.9 Å². The van der Waals surface area contributed by atoms with Gasteiger partial charge in [-0.3, -0.25) is 10.4 Å². The van der Waals surface area contributed by atoms with Crippen molar-refractivity contribution in [1.82, 2.24) is 9.88 Å². The number of phenolic OH excluding ortho intramolecular Hbond substituents is 1. The van der Waals surface area contributed by atoms with Crippen LogP contribution in [0.25, 0.3) is 0 Å². The van der Waals surface area contributed by atoms with Crippen LogP contribution in [0.2, 0.25) is 0 Å². The second-order valence-corrected chi connectivity index (χ2v) is 8.89. The van der Waals surface area contributed by atoms with E-state index in [0.29, 0.717) is 6.54 Å². The third-order valence-corrected chi connectivity index (χ3v) is 6.10. The molecule has 41 heavy (non-hydrogen) atoms. The highest BCUT2D eigenvalue weighted by molar-refractivity contribution is 6.00. The summed E-state index contributed by atoms with van der Waals surface area (Å²) in [4.78, 5) is 10.4. The van der Waals surface area contributed by atoms with E-state index in [9.17, 15) is 5.11 Å². The maximum absolute atomic E-state index is 15.8. The van der Waals surface area contributed by atoms with Crippen LogP contribution in [0.15, 0.2) is 71.7 Å². The summed E-state index contributed by atoms with van der Waals surface area (Å²) < 4.78 is 53.7. The van der Waals surface area contributed by atoms with Crippen molar-refractivity contribution in [3.8, 4) is 46.3 Å². The van der Waals surface area contributed by atoms with Gasteiger partial charge in [0.15, 0.2) is 23.0 Å². The highest BCUT2D eigenvalue weighted by Gasteiger charge is 2.27. The number of ether oxygens (including phenoxy) is 4. The van der Waals surface area contributed by atoms with Gasteiger partial charge in [-0.05, 0) is 42.5 Å². The Morgan fingerprint density at radius 2 is 1.66 bits per heavy atom. The summed E-state index contributed by atoms with van der Waals surface area (Å²) in [5, 5.41) is 17.9. The number of aromatic hydroxyl groups is 1. The van der Waals surface area contributed by atoms with Crippen molar-refractivity contribution >= 4 is 11.7 Å². The second-order valence-electron chi connectivity index (χ2n) is 8.89. The van der Waals surface area contributed by atoms with Crippen molar-refractivity contribution in [1.29, 1.82) is 5.41 Å². The zero-order valence-corrected chi connectivity index (χ0v) is 22.0. The number of para-hydroxylation sites is 2. The highest BCUT2D eigenvalue weighted by Crippen LogP contribution is 2.42. The molecule has 0 atom stereocenters. The molecule has 0 spiro atoms. The fourth-order valence-corrected chi connectivity index (χ4v) is 4.04. The maximum Gasteiger partial charge on any atom is 0.263 e. The van der Waals surface area contributed by atoms with Crippen LogP contribution in [0.3, 0.4) is 0 Å². The lowest BCUT2D eigenvalue weighted by Gasteiger charge is -2.17. The fraction of sp³-hybridized carbons (Fsp3) is 0.138. The van der Waals surface area contributed by atoms with Gasteiger partial charge in [-0.2, -0.15) is 13.8 Å². The van der Waals surface area contributed by atoms with Crippen LogP contribution in [0.4, 0.5) is 8.78 Å². The number of rotatable bonds is 9. The van der Waals surface area contributed by atoms with Gasteiger partial charge >= 0.3 is 0 Å². The predicted octanol–water partition coefficient (Wildman–Crippen LogP) is 5.43. The number of phenols is 1. The highest BCUT2D eigenvalue weighted by atomic mass is 19.1. The normalized spacial score (nSPS) is 12.6. The van der Waals surface area contributed by atoms with Crippen LogP contribution in [0, 0.1) is 17.0 Å². The Morgan fingerprint density at radius 3 is 2.34 bits per heavy atom. The molecule has 2 heterocycles. The molecule has 4 aromatic rings. The molecule has 1 aliphatic rings. The number of nitrogens with two attached hydrogens (primary N) is 1. The number of likely N-dealkylation sites (N-methyl/N-ethyl adjacent to an activating group) is 1. The number of halogens is 2. The summed E-state index contributed by atoms with van der Waals surface area (Å²) in [5.41, 5.74) is 6.46. The first-order valence-electron chi connectivity index (χ1n) is 12.3. The molecule has 0 aliphatic carbocycles.